The zero-order chi connectivity index (χ0) is 3.41. The Hall–Kier alpha value is -0.710. The van der Waals surface area contributed by atoms with Crippen molar-refractivity contribution in [3.8, 4) is 6.07 Å². The van der Waals surface area contributed by atoms with E-state index in [1.807, 2.05) is 0 Å². The highest BCUT2D eigenvalue weighted by molar-refractivity contribution is 4.67. The molecule has 0 fully saturated rings. The molecule has 22 valence electrons. The molecule has 0 rings (SSSR count). The van der Waals surface area contributed by atoms with Crippen LogP contribution in [0, 0.1) is 6.07 Å². The average molecular weight is 58.1 g/mol. The van der Waals surface area contributed by atoms with Gasteiger partial charge in [0.25, 0.3) is 0 Å². The van der Waals surface area contributed by atoms with Crippen LogP contribution in [0.3, 0.4) is 0 Å². The lowest BCUT2D eigenvalue weighted by molar-refractivity contribution is 0.464. The van der Waals surface area contributed by atoms with E-state index in [0.29, 0.717) is 0 Å². The van der Waals surface area contributed by atoms with E-state index in [0.717, 1.165) is 0 Å². The van der Waals surface area contributed by atoms with Crippen LogP contribution in [0.2, 0.25) is 0 Å². The Morgan fingerprint density at radius 2 is 2.25 bits per heavy atom. The van der Waals surface area contributed by atoms with Gasteiger partial charge >= 0.3 is 6.07 Å². The Labute approximate surface area is 24.5 Å². The summed E-state index contributed by atoms with van der Waals surface area (Å²) < 4.78 is 0. The second-order valence-corrected chi connectivity index (χ2v) is 0.324. The first-order chi connectivity index (χ1) is 1.91. The van der Waals surface area contributed by atoms with Gasteiger partial charge in [-0.3, -0.25) is 0 Å². The summed E-state index contributed by atoms with van der Waals surface area (Å²) in [5.74, 6) is 0. The summed E-state index contributed by atoms with van der Waals surface area (Å²) in [5, 5.41) is 9.88. The van der Waals surface area contributed by atoms with E-state index in [9.17, 15) is 0 Å². The lowest BCUT2D eigenvalue weighted by Crippen LogP contribution is -1.28. The molecule has 4 heavy (non-hydrogen) atoms. The molecule has 0 radical (unpaired) electrons. The Bertz CT molecular complexity index is 42.8. The van der Waals surface area contributed by atoms with Gasteiger partial charge < -0.3 is 0 Å². The SMILES string of the molecule is CC#[N+]O. The highest BCUT2D eigenvalue weighted by Crippen LogP contribution is 1.41. The molecule has 2 heteroatoms. The number of hydrogen-bond donors (Lipinski definition) is 1. The van der Waals surface area contributed by atoms with Crippen molar-refractivity contribution < 1.29 is 5.21 Å². The number of rotatable bonds is 0. The maximum Gasteiger partial charge on any atom is 0.346 e. The molecule has 0 aromatic rings. The zero-order valence-corrected chi connectivity index (χ0v) is 2.39. The van der Waals surface area contributed by atoms with Crippen LogP contribution in [0.25, 0.3) is 5.01 Å². The molecule has 0 amide bonds. The molecule has 0 aliphatic heterocycles. The third kappa shape index (κ3) is 1.29. The van der Waals surface area contributed by atoms with Crippen LogP contribution < -0.4 is 0 Å². The minimum atomic E-state index is 1.51. The second-order valence-electron chi connectivity index (χ2n) is 0.324. The van der Waals surface area contributed by atoms with E-state index >= 15 is 0 Å². The van der Waals surface area contributed by atoms with E-state index in [-0.39, 0.29) is 0 Å². The first kappa shape index (κ1) is 3.29. The fourth-order valence-corrected chi connectivity index (χ4v) is 0. The van der Waals surface area contributed by atoms with E-state index < -0.39 is 0 Å². The van der Waals surface area contributed by atoms with Crippen LogP contribution >= 0.6 is 0 Å². The van der Waals surface area contributed by atoms with Crippen LogP contribution in [0.15, 0.2) is 0 Å². The molecule has 0 spiro atoms. The molecular weight excluding hydrogens is 54.0 g/mol. The smallest absolute Gasteiger partial charge is 0.177 e. The third-order valence-electron chi connectivity index (χ3n) is 0.100. The third-order valence-corrected chi connectivity index (χ3v) is 0.100. The predicted molar refractivity (Wildman–Crippen MR) is 14.7 cm³/mol. The van der Waals surface area contributed by atoms with Crippen molar-refractivity contribution in [1.29, 1.82) is 0 Å². The quantitative estimate of drug-likeness (QED) is 0.408. The van der Waals surface area contributed by atoms with Crippen molar-refractivity contribution in [2.24, 2.45) is 0 Å². The minimum Gasteiger partial charge on any atom is -0.177 e. The van der Waals surface area contributed by atoms with Crippen LogP contribution in [-0.2, 0) is 0 Å². The molecule has 0 aromatic carbocycles. The maximum atomic E-state index is 7.39. The van der Waals surface area contributed by atoms with Crippen molar-refractivity contribution in [2.75, 3.05) is 0 Å². The van der Waals surface area contributed by atoms with E-state index in [1.165, 1.54) is 6.92 Å². The van der Waals surface area contributed by atoms with Gasteiger partial charge in [-0.15, -0.1) is 0 Å². The summed E-state index contributed by atoms with van der Waals surface area (Å²) in [6.07, 6.45) is 0. The van der Waals surface area contributed by atoms with Gasteiger partial charge in [0.2, 0.25) is 5.01 Å². The molecular formula is C2H4NO+. The van der Waals surface area contributed by atoms with Crippen molar-refractivity contribution >= 4 is 0 Å². The molecule has 0 atom stereocenters. The first-order valence-electron chi connectivity index (χ1n) is 0.924. The average Bonchev–Trinajstić information content (AvgIpc) is 1.37. The monoisotopic (exact) mass is 58.0 g/mol. The summed E-state index contributed by atoms with van der Waals surface area (Å²) >= 11 is 0. The van der Waals surface area contributed by atoms with Crippen molar-refractivity contribution in [1.82, 2.24) is 0 Å². The second kappa shape index (κ2) is 2.29. The molecule has 1 N–H and O–H groups in total. The maximum absolute atomic E-state index is 7.39. The van der Waals surface area contributed by atoms with E-state index in [4.69, 9.17) is 5.21 Å². The van der Waals surface area contributed by atoms with Crippen molar-refractivity contribution in [3.63, 3.8) is 0 Å². The Morgan fingerprint density at radius 1 is 2.00 bits per heavy atom. The molecule has 0 aromatic heterocycles. The summed E-state index contributed by atoms with van der Waals surface area (Å²) in [6, 6.07) is 2.11. The molecule has 2 nitrogen and oxygen atoms in total. The molecule has 0 unspecified atom stereocenters. The van der Waals surface area contributed by atoms with Gasteiger partial charge in [0.1, 0.15) is 0 Å². The topological polar surface area (TPSA) is 24.6 Å². The van der Waals surface area contributed by atoms with Crippen LogP contribution in [0.5, 0.6) is 0 Å². The summed E-state index contributed by atoms with van der Waals surface area (Å²) in [7, 11) is 0. The van der Waals surface area contributed by atoms with Crippen molar-refractivity contribution in [3.05, 3.63) is 5.01 Å². The van der Waals surface area contributed by atoms with E-state index in [1.54, 1.807) is 0 Å². The highest BCUT2D eigenvalue weighted by atomic mass is 16.4. The van der Waals surface area contributed by atoms with Gasteiger partial charge in [0.05, 0.1) is 6.92 Å². The number of hydrogen-bond acceptors (Lipinski definition) is 1. The summed E-state index contributed by atoms with van der Waals surface area (Å²) in [4.78, 5) is 0. The van der Waals surface area contributed by atoms with E-state index in [2.05, 4.69) is 11.1 Å². The van der Waals surface area contributed by atoms with Crippen LogP contribution in [-0.4, -0.2) is 5.21 Å². The van der Waals surface area contributed by atoms with Gasteiger partial charge in [0.15, 0.2) is 0 Å². The standard InChI is InChI=1S/C2H3NO/c1-2-3-4/h1H3/p+1. The highest BCUT2D eigenvalue weighted by Gasteiger charge is 1.52. The van der Waals surface area contributed by atoms with Gasteiger partial charge in [-0.1, -0.05) is 0 Å². The Balaban J connectivity index is 2.83. The summed E-state index contributed by atoms with van der Waals surface area (Å²) in [6.45, 7) is 1.51. The van der Waals surface area contributed by atoms with Gasteiger partial charge in [-0.25, -0.2) is 0 Å². The normalized spacial score (nSPS) is 3.25. The number of nitrogens with zero attached hydrogens (tertiary/aromatic N) is 1. The summed E-state index contributed by atoms with van der Waals surface area (Å²) in [5.41, 5.74) is 0. The predicted octanol–water partition coefficient (Wildman–Crippen LogP) is 0.728. The molecule has 0 saturated heterocycles. The van der Waals surface area contributed by atoms with Crippen molar-refractivity contribution in [2.45, 2.75) is 6.92 Å². The lowest BCUT2D eigenvalue weighted by Gasteiger charge is -1.20. The largest absolute Gasteiger partial charge is 0.346 e. The van der Waals surface area contributed by atoms with Gasteiger partial charge in [-0.05, 0) is 0 Å². The Kier molecular flexibility index (Phi) is 1.88. The van der Waals surface area contributed by atoms with Crippen LogP contribution in [0.1, 0.15) is 6.92 Å². The fourth-order valence-electron chi connectivity index (χ4n) is 0. The van der Waals surface area contributed by atoms with Gasteiger partial charge in [-0.2, -0.15) is 5.21 Å². The molecule has 0 heterocycles. The molecule has 0 bridgehead atoms. The zero-order valence-electron chi connectivity index (χ0n) is 2.39. The fraction of sp³-hybridized carbons (Fsp3) is 0.500. The minimum absolute atomic E-state index is 1.51. The first-order valence-corrected chi connectivity index (χ1v) is 0.924. The lowest BCUT2D eigenvalue weighted by atomic mass is 11.0. The van der Waals surface area contributed by atoms with Crippen LogP contribution in [0.4, 0.5) is 0 Å². The Morgan fingerprint density at radius 3 is 2.25 bits per heavy atom. The molecule has 0 aliphatic rings. The van der Waals surface area contributed by atoms with Gasteiger partial charge in [0, 0.05) is 0 Å². The molecule has 0 aliphatic carbocycles. The molecule has 0 saturated carbocycles.